The minimum Gasteiger partial charge on any atom is -0.481 e. The molecule has 3 rings (SSSR count). The second kappa shape index (κ2) is 9.99. The standard InChI is InChI=1S/C16H25N5O2.2ClH/c1-12-11-17-7-10-21(12)15(22)13-4-8-20(9-5-13)16-18-6-3-14(19-16)23-2;;/h3,6,12-13,17H,4-5,7-11H2,1-2H3;2*1H/t12-;;/m0../s1. The maximum Gasteiger partial charge on any atom is 0.228 e. The van der Waals surface area contributed by atoms with Gasteiger partial charge in [-0.1, -0.05) is 0 Å². The quantitative estimate of drug-likeness (QED) is 0.838. The fourth-order valence-electron chi connectivity index (χ4n) is 3.33. The van der Waals surface area contributed by atoms with Gasteiger partial charge in [0.2, 0.25) is 17.7 Å². The molecule has 0 aromatic carbocycles. The lowest BCUT2D eigenvalue weighted by Gasteiger charge is -2.39. The molecule has 0 spiro atoms. The Morgan fingerprint density at radius 1 is 1.28 bits per heavy atom. The number of halogens is 2. The summed E-state index contributed by atoms with van der Waals surface area (Å²) >= 11 is 0. The number of anilines is 1. The summed E-state index contributed by atoms with van der Waals surface area (Å²) in [5.41, 5.74) is 0. The molecule has 25 heavy (non-hydrogen) atoms. The Hall–Kier alpha value is -1.31. The number of hydrogen-bond donors (Lipinski definition) is 1. The first kappa shape index (κ1) is 21.7. The molecular weight excluding hydrogens is 365 g/mol. The van der Waals surface area contributed by atoms with E-state index in [9.17, 15) is 4.79 Å². The van der Waals surface area contributed by atoms with E-state index in [1.807, 2.05) is 4.90 Å². The maximum absolute atomic E-state index is 12.7. The van der Waals surface area contributed by atoms with Gasteiger partial charge in [0.15, 0.2) is 0 Å². The van der Waals surface area contributed by atoms with Crippen LogP contribution in [-0.2, 0) is 4.79 Å². The van der Waals surface area contributed by atoms with Gasteiger partial charge in [-0.2, -0.15) is 4.98 Å². The summed E-state index contributed by atoms with van der Waals surface area (Å²) in [4.78, 5) is 25.6. The third kappa shape index (κ3) is 5.09. The fraction of sp³-hybridized carbons (Fsp3) is 0.688. The van der Waals surface area contributed by atoms with E-state index < -0.39 is 0 Å². The van der Waals surface area contributed by atoms with Crippen LogP contribution in [0, 0.1) is 5.92 Å². The van der Waals surface area contributed by atoms with Crippen LogP contribution in [0.3, 0.4) is 0 Å². The Morgan fingerprint density at radius 2 is 2.00 bits per heavy atom. The molecular formula is C16H27Cl2N5O2. The van der Waals surface area contributed by atoms with Crippen molar-refractivity contribution in [3.05, 3.63) is 12.3 Å². The molecule has 0 saturated carbocycles. The van der Waals surface area contributed by atoms with E-state index in [1.54, 1.807) is 19.4 Å². The van der Waals surface area contributed by atoms with Crippen molar-refractivity contribution in [2.45, 2.75) is 25.8 Å². The van der Waals surface area contributed by atoms with Crippen LogP contribution in [0.5, 0.6) is 5.88 Å². The molecule has 142 valence electrons. The summed E-state index contributed by atoms with van der Waals surface area (Å²) in [5, 5.41) is 3.33. The van der Waals surface area contributed by atoms with Crippen molar-refractivity contribution in [2.75, 3.05) is 44.7 Å². The molecule has 7 nitrogen and oxygen atoms in total. The third-order valence-electron chi connectivity index (χ3n) is 4.74. The molecule has 1 atom stereocenters. The van der Waals surface area contributed by atoms with Crippen LogP contribution < -0.4 is 15.0 Å². The smallest absolute Gasteiger partial charge is 0.228 e. The van der Waals surface area contributed by atoms with Crippen LogP contribution in [-0.4, -0.2) is 66.7 Å². The molecule has 2 fully saturated rings. The monoisotopic (exact) mass is 391 g/mol. The Morgan fingerprint density at radius 3 is 2.64 bits per heavy atom. The van der Waals surface area contributed by atoms with Crippen molar-refractivity contribution in [2.24, 2.45) is 5.92 Å². The molecule has 1 amide bonds. The Kier molecular flexibility index (Phi) is 8.68. The van der Waals surface area contributed by atoms with Crippen LogP contribution in [0.4, 0.5) is 5.95 Å². The number of hydrogen-bond acceptors (Lipinski definition) is 6. The van der Waals surface area contributed by atoms with Gasteiger partial charge in [-0.25, -0.2) is 4.98 Å². The number of amides is 1. The normalized spacial score (nSPS) is 21.1. The van der Waals surface area contributed by atoms with E-state index in [4.69, 9.17) is 4.74 Å². The van der Waals surface area contributed by atoms with Crippen LogP contribution in [0.1, 0.15) is 19.8 Å². The Labute approximate surface area is 161 Å². The number of rotatable bonds is 3. The Bertz CT molecular complexity index is 555. The van der Waals surface area contributed by atoms with Gasteiger partial charge in [-0.05, 0) is 19.8 Å². The highest BCUT2D eigenvalue weighted by Gasteiger charge is 2.32. The molecule has 2 aliphatic heterocycles. The lowest BCUT2D eigenvalue weighted by Crippen LogP contribution is -2.54. The largest absolute Gasteiger partial charge is 0.481 e. The van der Waals surface area contributed by atoms with Gasteiger partial charge >= 0.3 is 0 Å². The highest BCUT2D eigenvalue weighted by Crippen LogP contribution is 2.24. The molecule has 1 aromatic heterocycles. The summed E-state index contributed by atoms with van der Waals surface area (Å²) < 4.78 is 5.15. The number of carbonyl (C=O) groups is 1. The minimum absolute atomic E-state index is 0. The van der Waals surface area contributed by atoms with Gasteiger partial charge in [0.25, 0.3) is 0 Å². The summed E-state index contributed by atoms with van der Waals surface area (Å²) in [6, 6.07) is 2.03. The van der Waals surface area contributed by atoms with Crippen LogP contribution in [0.25, 0.3) is 0 Å². The number of methoxy groups -OCH3 is 1. The molecule has 0 aliphatic carbocycles. The molecule has 2 aliphatic rings. The zero-order valence-electron chi connectivity index (χ0n) is 14.7. The second-order valence-electron chi connectivity index (χ2n) is 6.25. The molecule has 3 heterocycles. The lowest BCUT2D eigenvalue weighted by molar-refractivity contribution is -0.139. The SMILES string of the molecule is COc1ccnc(N2CCC(C(=O)N3CCNC[C@@H]3C)CC2)n1.Cl.Cl. The average Bonchev–Trinajstić information content (AvgIpc) is 2.62. The van der Waals surface area contributed by atoms with Crippen LogP contribution in [0.15, 0.2) is 12.3 Å². The van der Waals surface area contributed by atoms with Crippen LogP contribution in [0.2, 0.25) is 0 Å². The number of nitrogens with one attached hydrogen (secondary N) is 1. The fourth-order valence-corrected chi connectivity index (χ4v) is 3.33. The van der Waals surface area contributed by atoms with Crippen molar-refractivity contribution in [1.82, 2.24) is 20.2 Å². The summed E-state index contributed by atoms with van der Waals surface area (Å²) in [6.45, 7) is 6.34. The highest BCUT2D eigenvalue weighted by molar-refractivity contribution is 5.85. The van der Waals surface area contributed by atoms with Gasteiger partial charge in [0.1, 0.15) is 0 Å². The van der Waals surface area contributed by atoms with Crippen LogP contribution >= 0.6 is 24.8 Å². The molecule has 0 bridgehead atoms. The van der Waals surface area contributed by atoms with Crippen molar-refractivity contribution >= 4 is 36.7 Å². The predicted octanol–water partition coefficient (Wildman–Crippen LogP) is 1.37. The number of aromatic nitrogens is 2. The van der Waals surface area contributed by atoms with Gasteiger partial charge in [0.05, 0.1) is 7.11 Å². The molecule has 1 N–H and O–H groups in total. The molecule has 0 radical (unpaired) electrons. The molecule has 9 heteroatoms. The topological polar surface area (TPSA) is 70.6 Å². The minimum atomic E-state index is 0. The number of ether oxygens (including phenoxy) is 1. The first-order valence-corrected chi connectivity index (χ1v) is 8.32. The van der Waals surface area contributed by atoms with Crippen molar-refractivity contribution in [3.63, 3.8) is 0 Å². The third-order valence-corrected chi connectivity index (χ3v) is 4.74. The average molecular weight is 392 g/mol. The van der Waals surface area contributed by atoms with Crippen molar-refractivity contribution in [1.29, 1.82) is 0 Å². The molecule has 1 aromatic rings. The zero-order valence-corrected chi connectivity index (χ0v) is 16.3. The number of piperazine rings is 1. The van der Waals surface area contributed by atoms with Crippen molar-refractivity contribution in [3.8, 4) is 5.88 Å². The van der Waals surface area contributed by atoms with E-state index in [0.29, 0.717) is 17.7 Å². The highest BCUT2D eigenvalue weighted by atomic mass is 35.5. The van der Waals surface area contributed by atoms with Gasteiger partial charge < -0.3 is 19.9 Å². The molecule has 0 unspecified atom stereocenters. The first-order valence-electron chi connectivity index (χ1n) is 8.32. The lowest BCUT2D eigenvalue weighted by atomic mass is 9.94. The van der Waals surface area contributed by atoms with E-state index in [0.717, 1.165) is 45.6 Å². The molecule has 2 saturated heterocycles. The van der Waals surface area contributed by atoms with E-state index in [1.165, 1.54) is 0 Å². The summed E-state index contributed by atoms with van der Waals surface area (Å²) in [5.74, 6) is 1.69. The predicted molar refractivity (Wildman–Crippen MR) is 102 cm³/mol. The van der Waals surface area contributed by atoms with Gasteiger partial charge in [0, 0.05) is 56.9 Å². The zero-order chi connectivity index (χ0) is 16.2. The van der Waals surface area contributed by atoms with E-state index in [-0.39, 0.29) is 36.8 Å². The van der Waals surface area contributed by atoms with E-state index >= 15 is 0 Å². The summed E-state index contributed by atoms with van der Waals surface area (Å²) in [7, 11) is 1.60. The van der Waals surface area contributed by atoms with Gasteiger partial charge in [-0.15, -0.1) is 24.8 Å². The Balaban J connectivity index is 0.00000156. The number of carbonyl (C=O) groups excluding carboxylic acids is 1. The van der Waals surface area contributed by atoms with Crippen molar-refractivity contribution < 1.29 is 9.53 Å². The maximum atomic E-state index is 12.7. The van der Waals surface area contributed by atoms with Gasteiger partial charge in [-0.3, -0.25) is 4.79 Å². The number of nitrogens with zero attached hydrogens (tertiary/aromatic N) is 4. The van der Waals surface area contributed by atoms with E-state index in [2.05, 4.69) is 27.1 Å². The summed E-state index contributed by atoms with van der Waals surface area (Å²) in [6.07, 6.45) is 3.42. The number of piperidine rings is 1. The second-order valence-corrected chi connectivity index (χ2v) is 6.25. The first-order chi connectivity index (χ1) is 11.2.